The molecule has 4 rings (SSSR count). The van der Waals surface area contributed by atoms with E-state index in [1.54, 1.807) is 25.1 Å². The largest absolute Gasteiger partial charge is 0.506 e. The van der Waals surface area contributed by atoms with Gasteiger partial charge in [0.05, 0.1) is 17.5 Å². The Hall–Kier alpha value is -2.45. The number of carbonyl (C=O) groups is 1. The van der Waals surface area contributed by atoms with Crippen LogP contribution in [0.3, 0.4) is 0 Å². The molecule has 1 heterocycles. The molecule has 0 spiro atoms. The van der Waals surface area contributed by atoms with Gasteiger partial charge in [-0.05, 0) is 42.5 Å². The van der Waals surface area contributed by atoms with Gasteiger partial charge in [-0.2, -0.15) is 13.2 Å². The van der Waals surface area contributed by atoms with Crippen molar-refractivity contribution >= 4 is 28.9 Å². The second kappa shape index (κ2) is 7.06. The number of nitrogens with one attached hydrogen (secondary N) is 2. The van der Waals surface area contributed by atoms with E-state index in [9.17, 15) is 28.2 Å². The van der Waals surface area contributed by atoms with E-state index in [0.717, 1.165) is 0 Å². The number of halogens is 4. The molecule has 2 aliphatic rings. The van der Waals surface area contributed by atoms with E-state index < -0.39 is 30.2 Å². The summed E-state index contributed by atoms with van der Waals surface area (Å²) in [5.41, 5.74) is -1.29. The first-order chi connectivity index (χ1) is 14.1. The summed E-state index contributed by atoms with van der Waals surface area (Å²) < 4.78 is 42.5. The van der Waals surface area contributed by atoms with E-state index in [1.165, 1.54) is 12.1 Å². The van der Waals surface area contributed by atoms with Gasteiger partial charge < -0.3 is 20.8 Å². The minimum Gasteiger partial charge on any atom is -0.506 e. The zero-order valence-corrected chi connectivity index (χ0v) is 16.7. The lowest BCUT2D eigenvalue weighted by Gasteiger charge is -2.46. The van der Waals surface area contributed by atoms with E-state index in [-0.39, 0.29) is 35.1 Å². The molecule has 160 valence electrons. The van der Waals surface area contributed by atoms with E-state index in [0.29, 0.717) is 22.5 Å². The highest BCUT2D eigenvalue weighted by Crippen LogP contribution is 2.56. The summed E-state index contributed by atoms with van der Waals surface area (Å²) in [4.78, 5) is 11.8. The lowest BCUT2D eigenvalue weighted by atomic mass is 9.69. The number of carbonyl (C=O) groups excluding carboxylic acids is 1. The van der Waals surface area contributed by atoms with Crippen LogP contribution in [0.5, 0.6) is 5.75 Å². The predicted octanol–water partition coefficient (Wildman–Crippen LogP) is 4.88. The van der Waals surface area contributed by atoms with E-state index in [1.807, 2.05) is 0 Å². The number of amides is 1. The molecule has 2 aromatic rings. The van der Waals surface area contributed by atoms with Gasteiger partial charge in [-0.15, -0.1) is 0 Å². The maximum atomic E-state index is 14.2. The number of phenols is 1. The molecule has 1 amide bonds. The van der Waals surface area contributed by atoms with Crippen molar-refractivity contribution in [3.8, 4) is 5.75 Å². The average Bonchev–Trinajstić information content (AvgIpc) is 3.06. The Balaban J connectivity index is 1.89. The minimum atomic E-state index is -4.93. The number of hydrogen-bond donors (Lipinski definition) is 4. The average molecular weight is 441 g/mol. The van der Waals surface area contributed by atoms with Crippen LogP contribution in [0.4, 0.5) is 24.5 Å². The van der Waals surface area contributed by atoms with Gasteiger partial charge in [0, 0.05) is 22.5 Å². The molecule has 3 atom stereocenters. The van der Waals surface area contributed by atoms with Crippen LogP contribution in [0, 0.1) is 0 Å². The zero-order chi connectivity index (χ0) is 21.8. The summed E-state index contributed by atoms with van der Waals surface area (Å²) >= 11 is 6.03. The molecular formula is C21H20ClF3N2O3. The Morgan fingerprint density at radius 2 is 2.03 bits per heavy atom. The monoisotopic (exact) mass is 440 g/mol. The molecule has 0 radical (unpaired) electrons. The minimum absolute atomic E-state index is 0.0198. The fourth-order valence-corrected chi connectivity index (χ4v) is 4.66. The van der Waals surface area contributed by atoms with Crippen molar-refractivity contribution in [2.45, 2.75) is 49.9 Å². The quantitative estimate of drug-likeness (QED) is 0.548. The SMILES string of the molecule is CC[C@@H]1C[C@](O)(C(F)(F)F)[C@@H](Nc2cccc3c2CC(=O)N3)c2ccc(Cl)c(O)c21. The van der Waals surface area contributed by atoms with Crippen molar-refractivity contribution in [1.29, 1.82) is 0 Å². The standard InChI is InChI=1S/C21H20ClF3N2O3/c1-2-10-9-20(30,21(23,24)25)19(11-6-7-13(22)18(29)17(10)11)27-15-5-3-4-14-12(15)8-16(28)26-14/h3-7,10,19,27,29-30H,2,8-9H2,1H3,(H,26,28)/t10-,19+,20-/m1/s1. The number of aromatic hydroxyl groups is 1. The molecule has 0 unspecified atom stereocenters. The summed E-state index contributed by atoms with van der Waals surface area (Å²) in [7, 11) is 0. The van der Waals surface area contributed by atoms with Gasteiger partial charge in [-0.3, -0.25) is 4.79 Å². The van der Waals surface area contributed by atoms with Crippen molar-refractivity contribution in [2.24, 2.45) is 0 Å². The highest BCUT2D eigenvalue weighted by atomic mass is 35.5. The first-order valence-electron chi connectivity index (χ1n) is 9.55. The Kier molecular flexibility index (Phi) is 4.90. The number of anilines is 2. The third kappa shape index (κ3) is 3.09. The number of alkyl halides is 3. The molecule has 0 aromatic heterocycles. The Labute approximate surface area is 175 Å². The highest BCUT2D eigenvalue weighted by molar-refractivity contribution is 6.32. The third-order valence-electron chi connectivity index (χ3n) is 6.03. The molecule has 0 bridgehead atoms. The Bertz CT molecular complexity index is 1030. The Morgan fingerprint density at radius 1 is 1.30 bits per heavy atom. The van der Waals surface area contributed by atoms with Gasteiger partial charge in [0.15, 0.2) is 5.60 Å². The molecule has 1 aliphatic heterocycles. The molecule has 0 saturated carbocycles. The summed E-state index contributed by atoms with van der Waals surface area (Å²) in [5, 5.41) is 27.0. The topological polar surface area (TPSA) is 81.6 Å². The molecule has 9 heteroatoms. The molecule has 5 nitrogen and oxygen atoms in total. The van der Waals surface area contributed by atoms with Crippen molar-refractivity contribution < 1.29 is 28.2 Å². The first kappa shape index (κ1) is 20.8. The predicted molar refractivity (Wildman–Crippen MR) is 107 cm³/mol. The van der Waals surface area contributed by atoms with Crippen LogP contribution in [-0.2, 0) is 11.2 Å². The van der Waals surface area contributed by atoms with Crippen LogP contribution in [0.15, 0.2) is 30.3 Å². The van der Waals surface area contributed by atoms with Crippen molar-refractivity contribution in [1.82, 2.24) is 0 Å². The molecule has 0 fully saturated rings. The van der Waals surface area contributed by atoms with E-state index in [4.69, 9.17) is 11.6 Å². The van der Waals surface area contributed by atoms with Gasteiger partial charge in [0.1, 0.15) is 5.75 Å². The number of benzene rings is 2. The summed E-state index contributed by atoms with van der Waals surface area (Å²) in [6.45, 7) is 1.70. The van der Waals surface area contributed by atoms with Crippen molar-refractivity contribution in [2.75, 3.05) is 10.6 Å². The number of fused-ring (bicyclic) bond motifs is 2. The van der Waals surface area contributed by atoms with Gasteiger partial charge in [-0.1, -0.05) is 30.7 Å². The van der Waals surface area contributed by atoms with E-state index >= 15 is 0 Å². The third-order valence-corrected chi connectivity index (χ3v) is 6.33. The van der Waals surface area contributed by atoms with Crippen molar-refractivity contribution in [3.05, 3.63) is 52.0 Å². The Morgan fingerprint density at radius 3 is 2.70 bits per heavy atom. The maximum Gasteiger partial charge on any atom is 0.419 e. The molecule has 30 heavy (non-hydrogen) atoms. The fourth-order valence-electron chi connectivity index (χ4n) is 4.50. The summed E-state index contributed by atoms with van der Waals surface area (Å²) in [6.07, 6.45) is -5.26. The van der Waals surface area contributed by atoms with Gasteiger partial charge >= 0.3 is 6.18 Å². The second-order valence-electron chi connectivity index (χ2n) is 7.76. The van der Waals surface area contributed by atoms with Crippen LogP contribution in [-0.4, -0.2) is 27.9 Å². The van der Waals surface area contributed by atoms with Crippen LogP contribution < -0.4 is 10.6 Å². The maximum absolute atomic E-state index is 14.2. The molecule has 4 N–H and O–H groups in total. The van der Waals surface area contributed by atoms with Crippen molar-refractivity contribution in [3.63, 3.8) is 0 Å². The van der Waals surface area contributed by atoms with E-state index in [2.05, 4.69) is 10.6 Å². The molecule has 1 aliphatic carbocycles. The van der Waals surface area contributed by atoms with Crippen LogP contribution >= 0.6 is 11.6 Å². The summed E-state index contributed by atoms with van der Waals surface area (Å²) in [5.74, 6) is -1.26. The summed E-state index contributed by atoms with van der Waals surface area (Å²) in [6, 6.07) is 5.96. The normalized spacial score (nSPS) is 25.5. The number of hydrogen-bond acceptors (Lipinski definition) is 4. The van der Waals surface area contributed by atoms with Gasteiger partial charge in [-0.25, -0.2) is 0 Å². The first-order valence-corrected chi connectivity index (χ1v) is 9.93. The lowest BCUT2D eigenvalue weighted by Crippen LogP contribution is -2.55. The zero-order valence-electron chi connectivity index (χ0n) is 16.0. The fraction of sp³-hybridized carbons (Fsp3) is 0.381. The number of rotatable bonds is 3. The highest BCUT2D eigenvalue weighted by Gasteiger charge is 2.62. The van der Waals surface area contributed by atoms with Gasteiger partial charge in [0.25, 0.3) is 0 Å². The second-order valence-corrected chi connectivity index (χ2v) is 8.17. The molecular weight excluding hydrogens is 421 g/mol. The van der Waals surface area contributed by atoms with Crippen LogP contribution in [0.25, 0.3) is 0 Å². The number of phenolic OH excluding ortho intramolecular Hbond substituents is 1. The smallest absolute Gasteiger partial charge is 0.419 e. The van der Waals surface area contributed by atoms with Crippen LogP contribution in [0.2, 0.25) is 5.02 Å². The molecule has 2 aromatic carbocycles. The van der Waals surface area contributed by atoms with Gasteiger partial charge in [0.2, 0.25) is 5.91 Å². The lowest BCUT2D eigenvalue weighted by molar-refractivity contribution is -0.272. The number of aliphatic hydroxyl groups is 1. The molecule has 0 saturated heterocycles. The van der Waals surface area contributed by atoms with Crippen LogP contribution in [0.1, 0.15) is 48.4 Å².